The molecule has 5 nitrogen and oxygen atoms in total. The first kappa shape index (κ1) is 13.3. The molecule has 1 aliphatic carbocycles. The Morgan fingerprint density at radius 3 is 2.81 bits per heavy atom. The zero-order chi connectivity index (χ0) is 14.9. The van der Waals surface area contributed by atoms with Crippen molar-refractivity contribution in [1.82, 2.24) is 0 Å². The predicted octanol–water partition coefficient (Wildman–Crippen LogP) is 2.05. The van der Waals surface area contributed by atoms with Gasteiger partial charge in [0.25, 0.3) is 0 Å². The van der Waals surface area contributed by atoms with Gasteiger partial charge in [0, 0.05) is 18.1 Å². The summed E-state index contributed by atoms with van der Waals surface area (Å²) in [7, 11) is 1.42. The zero-order valence-corrected chi connectivity index (χ0v) is 11.4. The van der Waals surface area contributed by atoms with Crippen molar-refractivity contribution in [3.8, 4) is 0 Å². The molecule has 1 heterocycles. The average Bonchev–Trinajstić information content (AvgIpc) is 2.94. The molecule has 1 unspecified atom stereocenters. The molecular formula is C16H13NO4. The second-order valence-electron chi connectivity index (χ2n) is 4.87. The first-order valence-corrected chi connectivity index (χ1v) is 6.49. The number of ketones is 2. The van der Waals surface area contributed by atoms with Crippen LogP contribution >= 0.6 is 0 Å². The van der Waals surface area contributed by atoms with Gasteiger partial charge < -0.3 is 9.57 Å². The molecule has 5 heteroatoms. The van der Waals surface area contributed by atoms with Crippen molar-refractivity contribution in [3.05, 3.63) is 59.9 Å². The quantitative estimate of drug-likeness (QED) is 0.796. The molecule has 0 amide bonds. The van der Waals surface area contributed by atoms with Gasteiger partial charge in [0.2, 0.25) is 11.6 Å². The van der Waals surface area contributed by atoms with Crippen molar-refractivity contribution in [2.24, 2.45) is 5.16 Å². The van der Waals surface area contributed by atoms with Crippen LogP contribution in [-0.2, 0) is 14.4 Å². The number of benzene rings is 1. The van der Waals surface area contributed by atoms with Crippen LogP contribution in [0.5, 0.6) is 0 Å². The van der Waals surface area contributed by atoms with Crippen LogP contribution in [0.2, 0.25) is 0 Å². The summed E-state index contributed by atoms with van der Waals surface area (Å²) >= 11 is 0. The third-order valence-corrected chi connectivity index (χ3v) is 3.42. The Bertz CT molecular complexity index is 687. The number of hydrogen-bond donors (Lipinski definition) is 0. The van der Waals surface area contributed by atoms with Crippen molar-refractivity contribution in [2.75, 3.05) is 7.11 Å². The van der Waals surface area contributed by atoms with Crippen LogP contribution in [-0.4, -0.2) is 30.0 Å². The number of ether oxygens (including phenoxy) is 1. The van der Waals surface area contributed by atoms with E-state index >= 15 is 0 Å². The van der Waals surface area contributed by atoms with Gasteiger partial charge in [0.15, 0.2) is 11.4 Å². The van der Waals surface area contributed by atoms with E-state index in [1.165, 1.54) is 13.2 Å². The third-order valence-electron chi connectivity index (χ3n) is 3.42. The first-order chi connectivity index (χ1) is 10.1. The second-order valence-corrected chi connectivity index (χ2v) is 4.87. The Morgan fingerprint density at radius 1 is 1.33 bits per heavy atom. The van der Waals surface area contributed by atoms with Crippen molar-refractivity contribution >= 4 is 17.3 Å². The largest absolute Gasteiger partial charge is 0.493 e. The Labute approximate surface area is 121 Å². The molecule has 0 saturated heterocycles. The van der Waals surface area contributed by atoms with Gasteiger partial charge in [-0.1, -0.05) is 35.5 Å². The molecule has 0 aromatic heterocycles. The highest BCUT2D eigenvalue weighted by atomic mass is 16.7. The minimum atomic E-state index is -0.904. The van der Waals surface area contributed by atoms with Crippen molar-refractivity contribution < 1.29 is 19.2 Å². The molecule has 1 aromatic rings. The van der Waals surface area contributed by atoms with Gasteiger partial charge in [-0.2, -0.15) is 0 Å². The number of carbonyl (C=O) groups excluding carboxylic acids is 2. The molecular weight excluding hydrogens is 270 g/mol. The van der Waals surface area contributed by atoms with E-state index in [-0.39, 0.29) is 23.7 Å². The molecule has 1 atom stereocenters. The minimum absolute atomic E-state index is 0.176. The van der Waals surface area contributed by atoms with Gasteiger partial charge in [-0.25, -0.2) is 0 Å². The maximum Gasteiger partial charge on any atom is 0.220 e. The number of hydrogen-bond acceptors (Lipinski definition) is 5. The molecule has 0 fully saturated rings. The lowest BCUT2D eigenvalue weighted by molar-refractivity contribution is -0.114. The Morgan fingerprint density at radius 2 is 2.10 bits per heavy atom. The number of carbonyl (C=O) groups is 2. The van der Waals surface area contributed by atoms with E-state index in [1.54, 1.807) is 36.4 Å². The summed E-state index contributed by atoms with van der Waals surface area (Å²) in [6.07, 6.45) is 4.82. The van der Waals surface area contributed by atoms with E-state index in [0.717, 1.165) is 0 Å². The Hall–Kier alpha value is -2.69. The fourth-order valence-electron chi connectivity index (χ4n) is 2.31. The first-order valence-electron chi connectivity index (χ1n) is 6.49. The van der Waals surface area contributed by atoms with Gasteiger partial charge >= 0.3 is 0 Å². The summed E-state index contributed by atoms with van der Waals surface area (Å²) in [5, 5.41) is 3.89. The van der Waals surface area contributed by atoms with Crippen LogP contribution in [0.1, 0.15) is 16.8 Å². The number of rotatable bonds is 3. The van der Waals surface area contributed by atoms with Gasteiger partial charge in [-0.05, 0) is 12.2 Å². The summed E-state index contributed by atoms with van der Waals surface area (Å²) < 4.78 is 5.01. The van der Waals surface area contributed by atoms with E-state index in [1.807, 2.05) is 6.07 Å². The Kier molecular flexibility index (Phi) is 3.17. The van der Waals surface area contributed by atoms with Crippen molar-refractivity contribution in [3.63, 3.8) is 0 Å². The highest BCUT2D eigenvalue weighted by Crippen LogP contribution is 2.32. The molecule has 0 N–H and O–H groups in total. The molecule has 1 aliphatic heterocycles. The summed E-state index contributed by atoms with van der Waals surface area (Å²) in [4.78, 5) is 29.3. The van der Waals surface area contributed by atoms with Crippen LogP contribution in [0, 0.1) is 0 Å². The maximum atomic E-state index is 12.3. The fraction of sp³-hybridized carbons (Fsp3) is 0.188. The van der Waals surface area contributed by atoms with E-state index in [0.29, 0.717) is 11.3 Å². The molecule has 0 saturated carbocycles. The highest BCUT2D eigenvalue weighted by Gasteiger charge is 2.41. The van der Waals surface area contributed by atoms with Crippen LogP contribution in [0.3, 0.4) is 0 Å². The monoisotopic (exact) mass is 283 g/mol. The number of oxime groups is 1. The van der Waals surface area contributed by atoms with Crippen LogP contribution < -0.4 is 0 Å². The molecule has 2 aliphatic rings. The molecule has 106 valence electrons. The number of allylic oxidation sites excluding steroid dienone is 1. The van der Waals surface area contributed by atoms with Crippen LogP contribution in [0.15, 0.2) is 59.5 Å². The smallest absolute Gasteiger partial charge is 0.220 e. The average molecular weight is 283 g/mol. The molecule has 0 bridgehead atoms. The predicted molar refractivity (Wildman–Crippen MR) is 75.9 cm³/mol. The molecule has 0 radical (unpaired) electrons. The summed E-state index contributed by atoms with van der Waals surface area (Å²) in [5.41, 5.74) is -0.0189. The van der Waals surface area contributed by atoms with E-state index < -0.39 is 5.60 Å². The van der Waals surface area contributed by atoms with Gasteiger partial charge in [-0.15, -0.1) is 0 Å². The van der Waals surface area contributed by atoms with Gasteiger partial charge in [-0.3, -0.25) is 9.59 Å². The molecule has 3 rings (SSSR count). The lowest BCUT2D eigenvalue weighted by Crippen LogP contribution is -2.30. The summed E-state index contributed by atoms with van der Waals surface area (Å²) in [6, 6.07) is 8.89. The molecule has 1 aromatic carbocycles. The van der Waals surface area contributed by atoms with Crippen LogP contribution in [0.4, 0.5) is 0 Å². The number of methoxy groups -OCH3 is 1. The minimum Gasteiger partial charge on any atom is -0.493 e. The number of Topliss-reactive ketones (excluding diaryl/α,β-unsaturated/α-hetero) is 1. The zero-order valence-electron chi connectivity index (χ0n) is 11.4. The van der Waals surface area contributed by atoms with E-state index in [2.05, 4.69) is 5.16 Å². The Balaban J connectivity index is 1.82. The van der Waals surface area contributed by atoms with Crippen LogP contribution in [0.25, 0.3) is 0 Å². The SMILES string of the molecule is COC1=CC2(C=CC1=O)CC(C(=O)c1ccccc1)=NO2. The third kappa shape index (κ3) is 2.38. The standard InChI is InChI=1S/C16H13NO4/c1-20-14-10-16(8-7-13(14)18)9-12(17-21-16)15(19)11-5-3-2-4-6-11/h2-8,10H,9H2,1H3. The topological polar surface area (TPSA) is 65.0 Å². The van der Waals surface area contributed by atoms with E-state index in [9.17, 15) is 9.59 Å². The molecule has 1 spiro atoms. The van der Waals surface area contributed by atoms with E-state index in [4.69, 9.17) is 9.57 Å². The van der Waals surface area contributed by atoms with Gasteiger partial charge in [0.05, 0.1) is 7.11 Å². The second kappa shape index (κ2) is 5.01. The highest BCUT2D eigenvalue weighted by molar-refractivity contribution is 6.46. The van der Waals surface area contributed by atoms with Gasteiger partial charge in [0.1, 0.15) is 5.71 Å². The number of nitrogens with zero attached hydrogens (tertiary/aromatic N) is 1. The lowest BCUT2D eigenvalue weighted by Gasteiger charge is -2.22. The van der Waals surface area contributed by atoms with Crippen molar-refractivity contribution in [2.45, 2.75) is 12.0 Å². The normalized spacial score (nSPS) is 23.6. The lowest BCUT2D eigenvalue weighted by atomic mass is 9.89. The maximum absolute atomic E-state index is 12.3. The summed E-state index contributed by atoms with van der Waals surface area (Å²) in [5.74, 6) is -0.208. The molecule has 21 heavy (non-hydrogen) atoms. The summed E-state index contributed by atoms with van der Waals surface area (Å²) in [6.45, 7) is 0. The van der Waals surface area contributed by atoms with Crippen molar-refractivity contribution in [1.29, 1.82) is 0 Å². The fourth-order valence-corrected chi connectivity index (χ4v) is 2.31.